The lowest BCUT2D eigenvalue weighted by Crippen LogP contribution is -2.51. The summed E-state index contributed by atoms with van der Waals surface area (Å²) in [6.45, 7) is 4.29. The minimum atomic E-state index is -0.150. The molecule has 2 aliphatic rings. The van der Waals surface area contributed by atoms with Gasteiger partial charge >= 0.3 is 0 Å². The molecule has 0 spiro atoms. The fraction of sp³-hybridized carbons (Fsp3) is 0.500. The van der Waals surface area contributed by atoms with Crippen molar-refractivity contribution in [2.75, 3.05) is 50.7 Å². The molecule has 0 saturated carbocycles. The summed E-state index contributed by atoms with van der Waals surface area (Å²) >= 11 is 1.49. The average molecular weight is 470 g/mol. The van der Waals surface area contributed by atoms with Gasteiger partial charge < -0.3 is 20.0 Å². The third-order valence-electron chi connectivity index (χ3n) is 6.37. The van der Waals surface area contributed by atoms with Crippen LogP contribution in [0.5, 0.6) is 0 Å². The standard InChI is InChI=1S/C24H31N5O3S/c30-22-7-12-28(24(32)20-8-17-33-18-20)11-3-4-19(6-10-26-22)23(31)29-15-13-27(14-16-29)21-5-1-2-9-25-21/h1-2,5,8-9,17-19H,3-4,6-7,10-16H2,(H,26,30). The number of pyridine rings is 1. The smallest absolute Gasteiger partial charge is 0.254 e. The van der Waals surface area contributed by atoms with E-state index < -0.39 is 0 Å². The Morgan fingerprint density at radius 2 is 1.85 bits per heavy atom. The van der Waals surface area contributed by atoms with Gasteiger partial charge in [0.2, 0.25) is 11.8 Å². The van der Waals surface area contributed by atoms with Crippen LogP contribution in [0.4, 0.5) is 5.82 Å². The molecule has 176 valence electrons. The Bertz CT molecular complexity index is 929. The highest BCUT2D eigenvalue weighted by molar-refractivity contribution is 7.08. The van der Waals surface area contributed by atoms with Gasteiger partial charge in [-0.1, -0.05) is 6.07 Å². The van der Waals surface area contributed by atoms with Crippen molar-refractivity contribution in [1.82, 2.24) is 20.1 Å². The minimum Gasteiger partial charge on any atom is -0.356 e. The van der Waals surface area contributed by atoms with Gasteiger partial charge in [-0.15, -0.1) is 0 Å². The molecule has 9 heteroatoms. The molecule has 8 nitrogen and oxygen atoms in total. The van der Waals surface area contributed by atoms with E-state index in [1.807, 2.05) is 39.9 Å². The van der Waals surface area contributed by atoms with Crippen molar-refractivity contribution in [3.05, 3.63) is 46.8 Å². The number of carbonyl (C=O) groups excluding carboxylic acids is 3. The van der Waals surface area contributed by atoms with Gasteiger partial charge in [-0.2, -0.15) is 11.3 Å². The summed E-state index contributed by atoms with van der Waals surface area (Å²) in [7, 11) is 0. The molecule has 2 aliphatic heterocycles. The van der Waals surface area contributed by atoms with Crippen LogP contribution in [-0.2, 0) is 9.59 Å². The predicted octanol–water partition coefficient (Wildman–Crippen LogP) is 2.24. The lowest BCUT2D eigenvalue weighted by molar-refractivity contribution is -0.136. The quantitative estimate of drug-likeness (QED) is 0.745. The Morgan fingerprint density at radius 1 is 1.00 bits per heavy atom. The average Bonchev–Trinajstić information content (AvgIpc) is 3.38. The fourth-order valence-electron chi connectivity index (χ4n) is 4.47. The fourth-order valence-corrected chi connectivity index (χ4v) is 5.10. The van der Waals surface area contributed by atoms with Gasteiger partial charge in [-0.25, -0.2) is 4.98 Å². The Balaban J connectivity index is 1.35. The van der Waals surface area contributed by atoms with Crippen LogP contribution < -0.4 is 10.2 Å². The number of aromatic nitrogens is 1. The number of rotatable bonds is 3. The van der Waals surface area contributed by atoms with E-state index in [0.717, 1.165) is 25.3 Å². The third-order valence-corrected chi connectivity index (χ3v) is 7.06. The topological polar surface area (TPSA) is 85.9 Å². The summed E-state index contributed by atoms with van der Waals surface area (Å²) in [5, 5.41) is 6.65. The van der Waals surface area contributed by atoms with Gasteiger partial charge in [0, 0.05) is 69.7 Å². The van der Waals surface area contributed by atoms with Crippen LogP contribution in [0.25, 0.3) is 0 Å². The number of piperazine rings is 1. The first-order chi connectivity index (χ1) is 16.1. The van der Waals surface area contributed by atoms with E-state index in [2.05, 4.69) is 15.2 Å². The first-order valence-electron chi connectivity index (χ1n) is 11.6. The third kappa shape index (κ3) is 6.10. The van der Waals surface area contributed by atoms with E-state index in [-0.39, 0.29) is 30.1 Å². The summed E-state index contributed by atoms with van der Waals surface area (Å²) in [6, 6.07) is 7.69. The maximum atomic E-state index is 13.3. The highest BCUT2D eigenvalue weighted by atomic mass is 32.1. The van der Waals surface area contributed by atoms with Crippen LogP contribution in [0, 0.1) is 5.92 Å². The van der Waals surface area contributed by atoms with Gasteiger partial charge in [-0.3, -0.25) is 14.4 Å². The van der Waals surface area contributed by atoms with Crippen LogP contribution in [-0.4, -0.2) is 78.3 Å². The Labute approximate surface area is 198 Å². The van der Waals surface area contributed by atoms with Gasteiger partial charge in [-0.05, 0) is 42.8 Å². The molecule has 3 amide bonds. The second-order valence-corrected chi connectivity index (χ2v) is 9.31. The number of thiophene rings is 1. The van der Waals surface area contributed by atoms with Crippen molar-refractivity contribution in [3.63, 3.8) is 0 Å². The van der Waals surface area contributed by atoms with Crippen LogP contribution in [0.1, 0.15) is 36.0 Å². The van der Waals surface area contributed by atoms with Crippen molar-refractivity contribution in [2.45, 2.75) is 25.7 Å². The predicted molar refractivity (Wildman–Crippen MR) is 128 cm³/mol. The number of carbonyl (C=O) groups is 3. The molecule has 4 heterocycles. The zero-order valence-corrected chi connectivity index (χ0v) is 19.6. The van der Waals surface area contributed by atoms with Crippen LogP contribution in [0.2, 0.25) is 0 Å². The molecule has 0 bridgehead atoms. The molecular formula is C24H31N5O3S. The second-order valence-electron chi connectivity index (χ2n) is 8.53. The van der Waals surface area contributed by atoms with Crippen molar-refractivity contribution in [3.8, 4) is 0 Å². The molecule has 1 atom stereocenters. The summed E-state index contributed by atoms with van der Waals surface area (Å²) in [5.41, 5.74) is 0.661. The van der Waals surface area contributed by atoms with E-state index in [0.29, 0.717) is 51.1 Å². The molecule has 4 rings (SSSR count). The summed E-state index contributed by atoms with van der Waals surface area (Å²) in [6.07, 6.45) is 4.15. The molecule has 0 radical (unpaired) electrons. The van der Waals surface area contributed by atoms with Gasteiger partial charge in [0.15, 0.2) is 0 Å². The maximum Gasteiger partial charge on any atom is 0.254 e. The molecule has 0 aromatic carbocycles. The Hall–Kier alpha value is -2.94. The SMILES string of the molecule is O=C1CCN(C(=O)c2ccsc2)CCCC(C(=O)N2CCN(c3ccccn3)CC2)CCN1. The van der Waals surface area contributed by atoms with E-state index in [4.69, 9.17) is 0 Å². The zero-order valence-electron chi connectivity index (χ0n) is 18.8. The largest absolute Gasteiger partial charge is 0.356 e. The van der Waals surface area contributed by atoms with Crippen molar-refractivity contribution >= 4 is 34.9 Å². The Kier molecular flexibility index (Phi) is 7.93. The first-order valence-corrected chi connectivity index (χ1v) is 12.6. The maximum absolute atomic E-state index is 13.3. The normalized spacial score (nSPS) is 20.7. The number of nitrogens with zero attached hydrogens (tertiary/aromatic N) is 4. The lowest BCUT2D eigenvalue weighted by Gasteiger charge is -2.37. The zero-order chi connectivity index (χ0) is 23.0. The molecule has 2 saturated heterocycles. The first kappa shape index (κ1) is 23.2. The Morgan fingerprint density at radius 3 is 2.58 bits per heavy atom. The number of hydrogen-bond acceptors (Lipinski definition) is 6. The van der Waals surface area contributed by atoms with E-state index in [1.165, 1.54) is 11.3 Å². The molecule has 1 unspecified atom stereocenters. The monoisotopic (exact) mass is 469 g/mol. The van der Waals surface area contributed by atoms with E-state index in [9.17, 15) is 14.4 Å². The van der Waals surface area contributed by atoms with Gasteiger partial charge in [0.25, 0.3) is 5.91 Å². The van der Waals surface area contributed by atoms with Crippen LogP contribution in [0.3, 0.4) is 0 Å². The lowest BCUT2D eigenvalue weighted by atomic mass is 9.97. The molecular weight excluding hydrogens is 438 g/mol. The summed E-state index contributed by atoms with van der Waals surface area (Å²) in [4.78, 5) is 48.7. The van der Waals surface area contributed by atoms with Crippen LogP contribution >= 0.6 is 11.3 Å². The van der Waals surface area contributed by atoms with E-state index in [1.54, 1.807) is 11.1 Å². The van der Waals surface area contributed by atoms with Crippen LogP contribution in [0.15, 0.2) is 41.2 Å². The summed E-state index contributed by atoms with van der Waals surface area (Å²) in [5.74, 6) is 0.826. The highest BCUT2D eigenvalue weighted by Crippen LogP contribution is 2.20. The summed E-state index contributed by atoms with van der Waals surface area (Å²) < 4.78 is 0. The van der Waals surface area contributed by atoms with Crippen molar-refractivity contribution in [1.29, 1.82) is 0 Å². The number of hydrogen-bond donors (Lipinski definition) is 1. The van der Waals surface area contributed by atoms with E-state index >= 15 is 0 Å². The van der Waals surface area contributed by atoms with Gasteiger partial charge in [0.05, 0.1) is 5.56 Å². The highest BCUT2D eigenvalue weighted by Gasteiger charge is 2.28. The van der Waals surface area contributed by atoms with Crippen molar-refractivity contribution in [2.24, 2.45) is 5.92 Å². The molecule has 2 aromatic heterocycles. The van der Waals surface area contributed by atoms with Gasteiger partial charge in [0.1, 0.15) is 5.82 Å². The minimum absolute atomic E-state index is 0.0446. The number of nitrogens with one attached hydrogen (secondary N) is 1. The van der Waals surface area contributed by atoms with Crippen molar-refractivity contribution < 1.29 is 14.4 Å². The molecule has 2 fully saturated rings. The second kappa shape index (κ2) is 11.3. The number of anilines is 1. The molecule has 2 aromatic rings. The molecule has 0 aliphatic carbocycles. The molecule has 1 N–H and O–H groups in total. The number of amides is 3. The molecule has 33 heavy (non-hydrogen) atoms.